The fourth-order valence-electron chi connectivity index (χ4n) is 0.819. The van der Waals surface area contributed by atoms with Crippen molar-refractivity contribution in [3.63, 3.8) is 0 Å². The highest BCUT2D eigenvalue weighted by Gasteiger charge is 2.08. The lowest BCUT2D eigenvalue weighted by Crippen LogP contribution is -2.06. The van der Waals surface area contributed by atoms with E-state index < -0.39 is 14.7 Å². The number of ether oxygens (including phenoxy) is 1. The van der Waals surface area contributed by atoms with Crippen molar-refractivity contribution in [1.82, 2.24) is 0 Å². The molecule has 1 unspecified atom stereocenters. The maximum atomic E-state index is 10.8. The Balaban J connectivity index is 2.31. The van der Waals surface area contributed by atoms with Gasteiger partial charge in [0, 0.05) is 0 Å². The van der Waals surface area contributed by atoms with Gasteiger partial charge in [0.15, 0.2) is 0 Å². The summed E-state index contributed by atoms with van der Waals surface area (Å²) >= 11 is 0. The lowest BCUT2D eigenvalue weighted by molar-refractivity contribution is 0.0935. The second-order valence-corrected chi connectivity index (χ2v) is 3.21. The van der Waals surface area contributed by atoms with E-state index in [9.17, 15) is 4.79 Å². The highest BCUT2D eigenvalue weighted by atomic mass is 31.2. The van der Waals surface area contributed by atoms with Crippen LogP contribution < -0.4 is 5.50 Å². The minimum absolute atomic E-state index is 0.100. The van der Waals surface area contributed by atoms with Crippen molar-refractivity contribution in [3.05, 3.63) is 35.9 Å². The summed E-state index contributed by atoms with van der Waals surface area (Å²) in [6.45, 7) is 0.100. The molecule has 1 aromatic carbocycles. The zero-order valence-electron chi connectivity index (χ0n) is 7.29. The van der Waals surface area contributed by atoms with E-state index in [1.807, 2.05) is 18.2 Å². The Morgan fingerprint density at radius 1 is 1.43 bits per heavy atom. The van der Waals surface area contributed by atoms with Gasteiger partial charge in [-0.3, -0.25) is 5.50 Å². The summed E-state index contributed by atoms with van der Waals surface area (Å²) in [7, 11) is -2.19. The van der Waals surface area contributed by atoms with Crippen molar-refractivity contribution >= 4 is 14.7 Å². The summed E-state index contributed by atoms with van der Waals surface area (Å²) in [4.78, 5) is 19.3. The molecule has 0 aliphatic heterocycles. The first-order valence-electron chi connectivity index (χ1n) is 3.81. The third-order valence-electron chi connectivity index (χ3n) is 1.37. The van der Waals surface area contributed by atoms with Gasteiger partial charge in [0.1, 0.15) is 6.61 Å². The highest BCUT2D eigenvalue weighted by Crippen LogP contribution is 2.20. The van der Waals surface area contributed by atoms with Gasteiger partial charge in [-0.05, 0) is 5.56 Å². The van der Waals surface area contributed by atoms with Crippen LogP contribution >= 0.6 is 8.53 Å². The van der Waals surface area contributed by atoms with Gasteiger partial charge in [-0.25, -0.2) is 4.79 Å². The molecule has 0 fully saturated rings. The molecule has 1 rings (SSSR count). The smallest absolute Gasteiger partial charge is 0.429 e. The summed E-state index contributed by atoms with van der Waals surface area (Å²) in [5.74, 6) is 0. The molecule has 0 saturated heterocycles. The van der Waals surface area contributed by atoms with Gasteiger partial charge in [-0.1, -0.05) is 30.3 Å². The third-order valence-corrected chi connectivity index (χ3v) is 1.70. The molecule has 0 aliphatic rings. The van der Waals surface area contributed by atoms with Crippen LogP contribution in [0.4, 0.5) is 4.79 Å². The van der Waals surface area contributed by atoms with E-state index in [0.29, 0.717) is 0 Å². The quantitative estimate of drug-likeness (QED) is 0.590. The number of hydrogen-bond acceptors (Lipinski definition) is 5. The highest BCUT2D eigenvalue weighted by molar-refractivity contribution is 7.43. The van der Waals surface area contributed by atoms with Gasteiger partial charge in [0.05, 0.1) is 0 Å². The molecule has 3 N–H and O–H groups in total. The predicted molar refractivity (Wildman–Crippen MR) is 51.0 cm³/mol. The summed E-state index contributed by atoms with van der Waals surface area (Å²) in [6, 6.07) is 9.11. The van der Waals surface area contributed by atoms with Gasteiger partial charge in [-0.15, -0.1) is 0 Å². The Morgan fingerprint density at radius 3 is 2.64 bits per heavy atom. The topological polar surface area (TPSA) is 81.8 Å². The number of nitrogens with two attached hydrogens (primary N) is 1. The molecule has 1 aromatic rings. The zero-order chi connectivity index (χ0) is 10.4. The number of benzene rings is 1. The molecule has 0 amide bonds. The zero-order valence-corrected chi connectivity index (χ0v) is 8.18. The molecule has 76 valence electrons. The van der Waals surface area contributed by atoms with Gasteiger partial charge < -0.3 is 14.2 Å². The van der Waals surface area contributed by atoms with E-state index in [2.05, 4.69) is 9.26 Å². The fourth-order valence-corrected chi connectivity index (χ4v) is 1.02. The van der Waals surface area contributed by atoms with Crippen LogP contribution in [0.15, 0.2) is 30.3 Å². The average molecular weight is 215 g/mol. The van der Waals surface area contributed by atoms with E-state index in [1.165, 1.54) is 0 Å². The van der Waals surface area contributed by atoms with Gasteiger partial charge in [0.2, 0.25) is 0 Å². The maximum absolute atomic E-state index is 10.8. The van der Waals surface area contributed by atoms with Crippen molar-refractivity contribution in [2.75, 3.05) is 0 Å². The van der Waals surface area contributed by atoms with Crippen molar-refractivity contribution in [3.8, 4) is 0 Å². The standard InChI is InChI=1S/C8H10NO4P/c9-14(11)13-8(10)12-6-7-4-2-1-3-5-7/h1-5,11H,6,9H2. The minimum atomic E-state index is -2.19. The molecule has 6 heteroatoms. The summed E-state index contributed by atoms with van der Waals surface area (Å²) in [5, 5.41) is 0. The van der Waals surface area contributed by atoms with Gasteiger partial charge in [0.25, 0.3) is 0 Å². The van der Waals surface area contributed by atoms with E-state index in [4.69, 9.17) is 10.4 Å². The molecule has 0 spiro atoms. The monoisotopic (exact) mass is 215 g/mol. The van der Waals surface area contributed by atoms with Crippen LogP contribution in [0.1, 0.15) is 5.56 Å². The van der Waals surface area contributed by atoms with Crippen molar-refractivity contribution in [2.45, 2.75) is 6.61 Å². The van der Waals surface area contributed by atoms with Crippen LogP contribution in [0.25, 0.3) is 0 Å². The van der Waals surface area contributed by atoms with Crippen molar-refractivity contribution in [2.24, 2.45) is 5.50 Å². The Hall–Kier alpha value is -1.16. The van der Waals surface area contributed by atoms with Crippen LogP contribution in [0.3, 0.4) is 0 Å². The molecular weight excluding hydrogens is 205 g/mol. The van der Waals surface area contributed by atoms with E-state index in [1.54, 1.807) is 12.1 Å². The molecule has 0 radical (unpaired) electrons. The Morgan fingerprint density at radius 2 is 2.07 bits per heavy atom. The Labute approximate surface area is 82.4 Å². The van der Waals surface area contributed by atoms with Crippen LogP contribution in [0.2, 0.25) is 0 Å². The first-order chi connectivity index (χ1) is 6.68. The third kappa shape index (κ3) is 4.18. The Kier molecular flexibility index (Phi) is 4.32. The molecule has 0 heterocycles. The molecule has 14 heavy (non-hydrogen) atoms. The summed E-state index contributed by atoms with van der Waals surface area (Å²) in [6.07, 6.45) is -0.968. The second kappa shape index (κ2) is 5.54. The molecular formula is C8H10NO4P. The van der Waals surface area contributed by atoms with E-state index in [0.717, 1.165) is 5.56 Å². The molecule has 5 nitrogen and oxygen atoms in total. The van der Waals surface area contributed by atoms with Crippen molar-refractivity contribution in [1.29, 1.82) is 0 Å². The Bertz CT molecular complexity index is 291. The van der Waals surface area contributed by atoms with Crippen molar-refractivity contribution < 1.29 is 18.9 Å². The summed E-state index contributed by atoms with van der Waals surface area (Å²) < 4.78 is 8.86. The fraction of sp³-hybridized carbons (Fsp3) is 0.125. The van der Waals surface area contributed by atoms with Crippen LogP contribution in [0, 0.1) is 0 Å². The maximum Gasteiger partial charge on any atom is 0.514 e. The lowest BCUT2D eigenvalue weighted by atomic mass is 10.2. The van der Waals surface area contributed by atoms with Gasteiger partial charge in [-0.2, -0.15) is 0 Å². The minimum Gasteiger partial charge on any atom is -0.429 e. The lowest BCUT2D eigenvalue weighted by Gasteiger charge is -2.05. The first kappa shape index (κ1) is 10.9. The summed E-state index contributed by atoms with van der Waals surface area (Å²) in [5.41, 5.74) is 5.70. The number of carbonyl (C=O) groups is 1. The molecule has 0 aliphatic carbocycles. The molecule has 0 aromatic heterocycles. The van der Waals surface area contributed by atoms with Crippen LogP contribution in [0.5, 0.6) is 0 Å². The van der Waals surface area contributed by atoms with Crippen LogP contribution in [-0.4, -0.2) is 11.0 Å². The van der Waals surface area contributed by atoms with Crippen LogP contribution in [-0.2, 0) is 15.9 Å². The molecule has 0 bridgehead atoms. The second-order valence-electron chi connectivity index (χ2n) is 2.42. The van der Waals surface area contributed by atoms with E-state index >= 15 is 0 Å². The molecule has 1 atom stereocenters. The first-order valence-corrected chi connectivity index (χ1v) is 5.09. The SMILES string of the molecule is NP(O)OC(=O)OCc1ccccc1. The average Bonchev–Trinajstić information content (AvgIpc) is 2.15. The number of hydrogen-bond donors (Lipinski definition) is 2. The van der Waals surface area contributed by atoms with Gasteiger partial charge >= 0.3 is 14.7 Å². The van der Waals surface area contributed by atoms with E-state index in [-0.39, 0.29) is 6.61 Å². The largest absolute Gasteiger partial charge is 0.514 e. The normalized spacial score (nSPS) is 11.9. The predicted octanol–water partition coefficient (Wildman–Crippen LogP) is 1.52. The number of carbonyl (C=O) groups excluding carboxylic acids is 1. The molecule has 0 saturated carbocycles. The number of rotatable bonds is 3.